The summed E-state index contributed by atoms with van der Waals surface area (Å²) in [5.41, 5.74) is 1.65. The number of hydrogen-bond acceptors (Lipinski definition) is 2. The van der Waals surface area contributed by atoms with Gasteiger partial charge in [0.1, 0.15) is 0 Å². The highest BCUT2D eigenvalue weighted by Crippen LogP contribution is 2.28. The lowest BCUT2D eigenvalue weighted by Gasteiger charge is -2.18. The summed E-state index contributed by atoms with van der Waals surface area (Å²) in [5, 5.41) is 5.66. The Balaban J connectivity index is 1.78. The number of halogens is 1. The first-order valence-electron chi connectivity index (χ1n) is 7.36. The minimum Gasteiger partial charge on any atom is -0.346 e. The molecule has 0 saturated heterocycles. The lowest BCUT2D eigenvalue weighted by molar-refractivity contribution is -0.116. The van der Waals surface area contributed by atoms with Gasteiger partial charge in [-0.15, -0.1) is 11.3 Å². The molecular weight excluding hydrogens is 328 g/mol. The Morgan fingerprint density at radius 2 is 2.00 bits per heavy atom. The number of aromatic nitrogens is 1. The van der Waals surface area contributed by atoms with E-state index < -0.39 is 0 Å². The molecule has 2 aromatic heterocycles. The van der Waals surface area contributed by atoms with E-state index >= 15 is 0 Å². The Kier molecular flexibility index (Phi) is 4.84. The molecule has 0 fully saturated rings. The highest BCUT2D eigenvalue weighted by atomic mass is 35.5. The fraction of sp³-hybridized carbons (Fsp3) is 0.167. The van der Waals surface area contributed by atoms with E-state index in [1.54, 1.807) is 11.3 Å². The van der Waals surface area contributed by atoms with E-state index in [0.717, 1.165) is 11.3 Å². The van der Waals surface area contributed by atoms with Gasteiger partial charge in [0.2, 0.25) is 5.91 Å². The third-order valence-electron chi connectivity index (χ3n) is 3.78. The molecule has 2 heterocycles. The van der Waals surface area contributed by atoms with Crippen LogP contribution in [-0.2, 0) is 4.79 Å². The zero-order valence-corrected chi connectivity index (χ0v) is 14.3. The van der Waals surface area contributed by atoms with Gasteiger partial charge in [-0.3, -0.25) is 4.79 Å². The SMILES string of the molecule is Cc1c(Cl)cccc1NC(=O)CC(c1cccs1)n1cccc1. The first-order valence-corrected chi connectivity index (χ1v) is 8.61. The van der Waals surface area contributed by atoms with Crippen molar-refractivity contribution < 1.29 is 4.79 Å². The third-order valence-corrected chi connectivity index (χ3v) is 5.16. The van der Waals surface area contributed by atoms with E-state index in [4.69, 9.17) is 11.6 Å². The summed E-state index contributed by atoms with van der Waals surface area (Å²) in [6.45, 7) is 1.90. The van der Waals surface area contributed by atoms with Crippen LogP contribution >= 0.6 is 22.9 Å². The van der Waals surface area contributed by atoms with Crippen molar-refractivity contribution in [2.24, 2.45) is 0 Å². The second-order valence-corrected chi connectivity index (χ2v) is 6.71. The molecule has 0 aliphatic carbocycles. The van der Waals surface area contributed by atoms with Crippen LogP contribution in [0.5, 0.6) is 0 Å². The van der Waals surface area contributed by atoms with Crippen molar-refractivity contribution in [2.75, 3.05) is 5.32 Å². The Bertz CT molecular complexity index is 747. The highest BCUT2D eigenvalue weighted by Gasteiger charge is 2.19. The Morgan fingerprint density at radius 1 is 1.22 bits per heavy atom. The van der Waals surface area contributed by atoms with E-state index in [1.165, 1.54) is 4.88 Å². The molecule has 1 atom stereocenters. The van der Waals surface area contributed by atoms with Gasteiger partial charge in [-0.05, 0) is 48.2 Å². The summed E-state index contributed by atoms with van der Waals surface area (Å²) in [7, 11) is 0. The fourth-order valence-electron chi connectivity index (χ4n) is 2.51. The zero-order chi connectivity index (χ0) is 16.2. The van der Waals surface area contributed by atoms with Crippen LogP contribution in [0.4, 0.5) is 5.69 Å². The molecule has 3 nitrogen and oxygen atoms in total. The summed E-state index contributed by atoms with van der Waals surface area (Å²) in [6.07, 6.45) is 4.35. The van der Waals surface area contributed by atoms with Gasteiger partial charge in [0.25, 0.3) is 0 Å². The predicted octanol–water partition coefficient (Wildman–Crippen LogP) is 5.13. The number of amides is 1. The molecule has 23 heavy (non-hydrogen) atoms. The van der Waals surface area contributed by atoms with Crippen LogP contribution in [0.2, 0.25) is 5.02 Å². The maximum absolute atomic E-state index is 12.5. The van der Waals surface area contributed by atoms with Gasteiger partial charge in [0.15, 0.2) is 0 Å². The molecule has 0 saturated carbocycles. The zero-order valence-electron chi connectivity index (χ0n) is 12.7. The van der Waals surface area contributed by atoms with Gasteiger partial charge in [-0.25, -0.2) is 0 Å². The molecule has 0 spiro atoms. The lowest BCUT2D eigenvalue weighted by Crippen LogP contribution is -2.19. The fourth-order valence-corrected chi connectivity index (χ4v) is 3.52. The molecule has 3 rings (SSSR count). The van der Waals surface area contributed by atoms with Crippen LogP contribution < -0.4 is 5.32 Å². The Morgan fingerprint density at radius 3 is 2.70 bits per heavy atom. The second-order valence-electron chi connectivity index (χ2n) is 5.33. The molecule has 1 N–H and O–H groups in total. The van der Waals surface area contributed by atoms with Gasteiger partial charge in [0, 0.05) is 28.0 Å². The van der Waals surface area contributed by atoms with Crippen molar-refractivity contribution in [1.82, 2.24) is 4.57 Å². The van der Waals surface area contributed by atoms with Crippen LogP contribution in [0.3, 0.4) is 0 Å². The van der Waals surface area contributed by atoms with Crippen molar-refractivity contribution >= 4 is 34.5 Å². The van der Waals surface area contributed by atoms with Crippen LogP contribution in [0.25, 0.3) is 0 Å². The van der Waals surface area contributed by atoms with Crippen molar-refractivity contribution in [1.29, 1.82) is 0 Å². The van der Waals surface area contributed by atoms with E-state index in [2.05, 4.69) is 16.0 Å². The smallest absolute Gasteiger partial charge is 0.226 e. The summed E-state index contributed by atoms with van der Waals surface area (Å²) in [4.78, 5) is 13.7. The predicted molar refractivity (Wildman–Crippen MR) is 96.3 cm³/mol. The number of carbonyl (C=O) groups excluding carboxylic acids is 1. The van der Waals surface area contributed by atoms with Gasteiger partial charge < -0.3 is 9.88 Å². The number of carbonyl (C=O) groups is 1. The van der Waals surface area contributed by atoms with Crippen molar-refractivity contribution in [3.8, 4) is 0 Å². The molecular formula is C18H17ClN2OS. The van der Waals surface area contributed by atoms with Gasteiger partial charge in [-0.2, -0.15) is 0 Å². The lowest BCUT2D eigenvalue weighted by atomic mass is 10.1. The first-order chi connectivity index (χ1) is 11.1. The number of benzene rings is 1. The number of rotatable bonds is 5. The third kappa shape index (κ3) is 3.66. The maximum atomic E-state index is 12.5. The summed E-state index contributed by atoms with van der Waals surface area (Å²) in [6, 6.07) is 13.6. The molecule has 5 heteroatoms. The molecule has 0 aliphatic heterocycles. The van der Waals surface area contributed by atoms with Crippen molar-refractivity contribution in [3.05, 3.63) is 75.7 Å². The van der Waals surface area contributed by atoms with E-state index in [1.807, 2.05) is 61.1 Å². The van der Waals surface area contributed by atoms with Gasteiger partial charge in [0.05, 0.1) is 12.5 Å². The maximum Gasteiger partial charge on any atom is 0.226 e. The van der Waals surface area contributed by atoms with Crippen LogP contribution in [0.15, 0.2) is 60.2 Å². The topological polar surface area (TPSA) is 34.0 Å². The standard InChI is InChI=1S/C18H17ClN2OS/c1-13-14(19)6-4-7-15(13)20-18(22)12-16(17-8-5-11-23-17)21-9-2-3-10-21/h2-11,16H,12H2,1H3,(H,20,22). The molecule has 0 radical (unpaired) electrons. The van der Waals surface area contributed by atoms with E-state index in [0.29, 0.717) is 11.4 Å². The molecule has 0 aliphatic rings. The van der Waals surface area contributed by atoms with Crippen LogP contribution in [0.1, 0.15) is 22.9 Å². The molecule has 1 aromatic carbocycles. The van der Waals surface area contributed by atoms with Gasteiger partial charge >= 0.3 is 0 Å². The summed E-state index contributed by atoms with van der Waals surface area (Å²) >= 11 is 7.77. The second kappa shape index (κ2) is 7.02. The van der Waals surface area contributed by atoms with E-state index in [9.17, 15) is 4.79 Å². The number of nitrogens with zero attached hydrogens (tertiary/aromatic N) is 1. The van der Waals surface area contributed by atoms with Crippen molar-refractivity contribution in [3.63, 3.8) is 0 Å². The molecule has 3 aromatic rings. The first kappa shape index (κ1) is 15.8. The molecule has 0 bridgehead atoms. The normalized spacial score (nSPS) is 12.1. The van der Waals surface area contributed by atoms with Crippen molar-refractivity contribution in [2.45, 2.75) is 19.4 Å². The quantitative estimate of drug-likeness (QED) is 0.684. The minimum atomic E-state index is -0.0255. The summed E-state index contributed by atoms with van der Waals surface area (Å²) < 4.78 is 2.07. The number of anilines is 1. The van der Waals surface area contributed by atoms with Crippen LogP contribution in [0, 0.1) is 6.92 Å². The van der Waals surface area contributed by atoms with E-state index in [-0.39, 0.29) is 11.9 Å². The number of hydrogen-bond donors (Lipinski definition) is 1. The monoisotopic (exact) mass is 344 g/mol. The average molecular weight is 345 g/mol. The minimum absolute atomic E-state index is 0.00416. The number of thiophene rings is 1. The molecule has 1 unspecified atom stereocenters. The average Bonchev–Trinajstić information content (AvgIpc) is 3.22. The Labute approximate surface area is 144 Å². The molecule has 118 valence electrons. The Hall–Kier alpha value is -2.04. The summed E-state index contributed by atoms with van der Waals surface area (Å²) in [5.74, 6) is -0.0255. The van der Waals surface area contributed by atoms with Crippen LogP contribution in [-0.4, -0.2) is 10.5 Å². The largest absolute Gasteiger partial charge is 0.346 e. The number of nitrogens with one attached hydrogen (secondary N) is 1. The van der Waals surface area contributed by atoms with Gasteiger partial charge in [-0.1, -0.05) is 23.7 Å². The molecule has 1 amide bonds. The highest BCUT2D eigenvalue weighted by molar-refractivity contribution is 7.10.